The van der Waals surface area contributed by atoms with Gasteiger partial charge in [-0.3, -0.25) is 0 Å². The van der Waals surface area contributed by atoms with Crippen LogP contribution in [0.3, 0.4) is 0 Å². The molecule has 1 aromatic rings. The molecule has 20 heavy (non-hydrogen) atoms. The van der Waals surface area contributed by atoms with Crippen molar-refractivity contribution in [2.45, 2.75) is 33.2 Å². The van der Waals surface area contributed by atoms with Crippen LogP contribution in [0.1, 0.15) is 25.8 Å². The number of carboxylic acids is 1. The Morgan fingerprint density at radius 2 is 2.05 bits per heavy atom. The number of benzene rings is 1. The van der Waals surface area contributed by atoms with E-state index in [9.17, 15) is 9.59 Å². The molecule has 110 valence electrons. The molecule has 1 rings (SSSR count). The molecule has 0 aromatic heterocycles. The van der Waals surface area contributed by atoms with E-state index in [2.05, 4.69) is 26.6 Å². The van der Waals surface area contributed by atoms with E-state index >= 15 is 0 Å². The van der Waals surface area contributed by atoms with Crippen molar-refractivity contribution in [3.63, 3.8) is 0 Å². The zero-order valence-electron chi connectivity index (χ0n) is 11.7. The van der Waals surface area contributed by atoms with Crippen LogP contribution in [0.2, 0.25) is 0 Å². The molecular formula is C14H19BrN2O3. The number of carbonyl (C=O) groups is 2. The lowest BCUT2D eigenvalue weighted by Crippen LogP contribution is -2.46. The standard InChI is InChI=1S/C14H19BrN2O3/c1-4-8(2)12(13(18)19)17-14(20)16-11-7-10(15)6-5-9(11)3/h5-8,12H,4H2,1-3H3,(H,18,19)(H2,16,17,20). The molecular weight excluding hydrogens is 324 g/mol. The molecule has 0 saturated carbocycles. The van der Waals surface area contributed by atoms with Crippen LogP contribution in [0.5, 0.6) is 0 Å². The molecule has 2 unspecified atom stereocenters. The van der Waals surface area contributed by atoms with Crippen molar-refractivity contribution in [1.82, 2.24) is 5.32 Å². The van der Waals surface area contributed by atoms with Gasteiger partial charge in [0.1, 0.15) is 6.04 Å². The first kappa shape index (κ1) is 16.5. The van der Waals surface area contributed by atoms with E-state index in [-0.39, 0.29) is 5.92 Å². The fourth-order valence-corrected chi connectivity index (χ4v) is 2.07. The van der Waals surface area contributed by atoms with Crippen molar-refractivity contribution < 1.29 is 14.7 Å². The Morgan fingerprint density at radius 3 is 2.60 bits per heavy atom. The number of rotatable bonds is 5. The topological polar surface area (TPSA) is 78.4 Å². The maximum Gasteiger partial charge on any atom is 0.326 e. The van der Waals surface area contributed by atoms with Gasteiger partial charge in [-0.25, -0.2) is 9.59 Å². The minimum atomic E-state index is -1.03. The molecule has 2 atom stereocenters. The molecule has 5 nitrogen and oxygen atoms in total. The number of carbonyl (C=O) groups excluding carboxylic acids is 1. The third-order valence-electron chi connectivity index (χ3n) is 3.21. The average Bonchev–Trinajstić information content (AvgIpc) is 2.39. The van der Waals surface area contributed by atoms with Gasteiger partial charge in [0.15, 0.2) is 0 Å². The fourth-order valence-electron chi connectivity index (χ4n) is 1.71. The summed E-state index contributed by atoms with van der Waals surface area (Å²) in [7, 11) is 0. The normalized spacial score (nSPS) is 13.4. The van der Waals surface area contributed by atoms with Crippen LogP contribution in [0.4, 0.5) is 10.5 Å². The van der Waals surface area contributed by atoms with Gasteiger partial charge in [0, 0.05) is 10.2 Å². The molecule has 0 aliphatic rings. The number of amides is 2. The second-order valence-electron chi connectivity index (χ2n) is 4.76. The number of halogens is 1. The van der Waals surface area contributed by atoms with Gasteiger partial charge in [-0.05, 0) is 30.5 Å². The Morgan fingerprint density at radius 1 is 1.40 bits per heavy atom. The van der Waals surface area contributed by atoms with Gasteiger partial charge in [0.25, 0.3) is 0 Å². The van der Waals surface area contributed by atoms with Crippen molar-refractivity contribution in [2.75, 3.05) is 5.32 Å². The summed E-state index contributed by atoms with van der Waals surface area (Å²) in [6.07, 6.45) is 0.674. The molecule has 0 heterocycles. The molecule has 0 fully saturated rings. The maximum atomic E-state index is 11.9. The van der Waals surface area contributed by atoms with E-state index in [4.69, 9.17) is 5.11 Å². The summed E-state index contributed by atoms with van der Waals surface area (Å²) in [5.74, 6) is -1.16. The largest absolute Gasteiger partial charge is 0.480 e. The van der Waals surface area contributed by atoms with E-state index in [0.717, 1.165) is 10.0 Å². The first-order chi connectivity index (χ1) is 9.35. The van der Waals surface area contributed by atoms with Gasteiger partial charge >= 0.3 is 12.0 Å². The number of aryl methyl sites for hydroxylation is 1. The number of aliphatic carboxylic acids is 1. The molecule has 0 radical (unpaired) electrons. The third-order valence-corrected chi connectivity index (χ3v) is 3.71. The van der Waals surface area contributed by atoms with E-state index in [1.54, 1.807) is 13.0 Å². The van der Waals surface area contributed by atoms with Crippen LogP contribution in [-0.2, 0) is 4.79 Å². The zero-order chi connectivity index (χ0) is 15.3. The van der Waals surface area contributed by atoms with E-state index in [1.165, 1.54) is 0 Å². The Kier molecular flexibility index (Phi) is 6.01. The van der Waals surface area contributed by atoms with Crippen LogP contribution in [-0.4, -0.2) is 23.1 Å². The van der Waals surface area contributed by atoms with Crippen molar-refractivity contribution in [1.29, 1.82) is 0 Å². The number of urea groups is 1. The highest BCUT2D eigenvalue weighted by Gasteiger charge is 2.25. The predicted octanol–water partition coefficient (Wildman–Crippen LogP) is 3.38. The molecule has 0 bridgehead atoms. The highest BCUT2D eigenvalue weighted by atomic mass is 79.9. The van der Waals surface area contributed by atoms with Gasteiger partial charge < -0.3 is 15.7 Å². The minimum absolute atomic E-state index is 0.137. The monoisotopic (exact) mass is 342 g/mol. The van der Waals surface area contributed by atoms with Crippen LogP contribution in [0, 0.1) is 12.8 Å². The number of carboxylic acid groups (broad SMARTS) is 1. The first-order valence-corrected chi connectivity index (χ1v) is 7.21. The molecule has 6 heteroatoms. The van der Waals surface area contributed by atoms with Crippen molar-refractivity contribution in [2.24, 2.45) is 5.92 Å². The van der Waals surface area contributed by atoms with E-state index in [1.807, 2.05) is 26.0 Å². The summed E-state index contributed by atoms with van der Waals surface area (Å²) in [5, 5.41) is 14.3. The van der Waals surface area contributed by atoms with E-state index < -0.39 is 18.0 Å². The van der Waals surface area contributed by atoms with Crippen LogP contribution < -0.4 is 10.6 Å². The minimum Gasteiger partial charge on any atom is -0.480 e. The van der Waals surface area contributed by atoms with Crippen LogP contribution >= 0.6 is 15.9 Å². The highest BCUT2D eigenvalue weighted by Crippen LogP contribution is 2.20. The summed E-state index contributed by atoms with van der Waals surface area (Å²) in [4.78, 5) is 23.1. The number of hydrogen-bond acceptors (Lipinski definition) is 2. The molecule has 3 N–H and O–H groups in total. The molecule has 0 aliphatic carbocycles. The summed E-state index contributed by atoms with van der Waals surface area (Å²) < 4.78 is 0.843. The number of nitrogens with one attached hydrogen (secondary N) is 2. The number of hydrogen-bond donors (Lipinski definition) is 3. The van der Waals surface area contributed by atoms with Gasteiger partial charge in [0.2, 0.25) is 0 Å². The smallest absolute Gasteiger partial charge is 0.326 e. The second kappa shape index (κ2) is 7.28. The zero-order valence-corrected chi connectivity index (χ0v) is 13.3. The van der Waals surface area contributed by atoms with Gasteiger partial charge in [-0.1, -0.05) is 42.3 Å². The lowest BCUT2D eigenvalue weighted by atomic mass is 9.99. The van der Waals surface area contributed by atoms with Crippen molar-refractivity contribution in [3.05, 3.63) is 28.2 Å². The number of anilines is 1. The Hall–Kier alpha value is -1.56. The first-order valence-electron chi connectivity index (χ1n) is 6.41. The SMILES string of the molecule is CCC(C)C(NC(=O)Nc1cc(Br)ccc1C)C(=O)O. The van der Waals surface area contributed by atoms with Crippen LogP contribution in [0.15, 0.2) is 22.7 Å². The predicted molar refractivity (Wildman–Crippen MR) is 81.9 cm³/mol. The summed E-state index contributed by atoms with van der Waals surface area (Å²) in [5.41, 5.74) is 1.55. The Labute approximate surface area is 126 Å². The summed E-state index contributed by atoms with van der Waals surface area (Å²) in [6, 6.07) is 4.10. The lowest BCUT2D eigenvalue weighted by molar-refractivity contribution is -0.140. The molecule has 1 aromatic carbocycles. The Bertz CT molecular complexity index is 505. The molecule has 0 aliphatic heterocycles. The summed E-state index contributed by atoms with van der Waals surface area (Å²) in [6.45, 7) is 5.55. The average molecular weight is 343 g/mol. The molecule has 2 amide bonds. The third kappa shape index (κ3) is 4.52. The second-order valence-corrected chi connectivity index (χ2v) is 5.67. The quantitative estimate of drug-likeness (QED) is 0.767. The molecule has 0 saturated heterocycles. The fraction of sp³-hybridized carbons (Fsp3) is 0.429. The van der Waals surface area contributed by atoms with Gasteiger partial charge in [-0.2, -0.15) is 0 Å². The lowest BCUT2D eigenvalue weighted by Gasteiger charge is -2.20. The van der Waals surface area contributed by atoms with Crippen molar-refractivity contribution >= 4 is 33.6 Å². The van der Waals surface area contributed by atoms with E-state index in [0.29, 0.717) is 12.1 Å². The van der Waals surface area contributed by atoms with Gasteiger partial charge in [0.05, 0.1) is 0 Å². The highest BCUT2D eigenvalue weighted by molar-refractivity contribution is 9.10. The van der Waals surface area contributed by atoms with Crippen LogP contribution in [0.25, 0.3) is 0 Å². The molecule has 0 spiro atoms. The summed E-state index contributed by atoms with van der Waals surface area (Å²) >= 11 is 3.33. The Balaban J connectivity index is 2.75. The van der Waals surface area contributed by atoms with Gasteiger partial charge in [-0.15, -0.1) is 0 Å². The van der Waals surface area contributed by atoms with Crippen molar-refractivity contribution in [3.8, 4) is 0 Å². The maximum absolute atomic E-state index is 11.9.